The molecule has 1 saturated heterocycles. The zero-order valence-electron chi connectivity index (χ0n) is 16.4. The number of non-ortho nitro benzene ring substituents is 1. The van der Waals surface area contributed by atoms with Crippen molar-refractivity contribution in [3.63, 3.8) is 0 Å². The largest absolute Gasteiger partial charge is 0.456 e. The summed E-state index contributed by atoms with van der Waals surface area (Å²) in [5.74, 6) is -0.853. The van der Waals surface area contributed by atoms with Crippen LogP contribution in [0.25, 0.3) is 0 Å². The molecule has 0 radical (unpaired) electrons. The predicted molar refractivity (Wildman–Crippen MR) is 122 cm³/mol. The van der Waals surface area contributed by atoms with Gasteiger partial charge in [0.1, 0.15) is 23.7 Å². The molecule has 1 aromatic heterocycles. The first-order valence-corrected chi connectivity index (χ1v) is 12.1. The Balaban J connectivity index is 1.38. The lowest BCUT2D eigenvalue weighted by molar-refractivity contribution is -0.384. The second-order valence-electron chi connectivity index (χ2n) is 6.96. The van der Waals surface area contributed by atoms with Crippen molar-refractivity contribution >= 4 is 62.5 Å². The second-order valence-corrected chi connectivity index (χ2v) is 10.1. The van der Waals surface area contributed by atoms with Gasteiger partial charge in [0.2, 0.25) is 5.91 Å². The molecule has 0 bridgehead atoms. The third-order valence-electron chi connectivity index (χ3n) is 4.86. The van der Waals surface area contributed by atoms with Crippen molar-refractivity contribution < 1.29 is 24.0 Å². The molecule has 2 amide bonds. The fraction of sp³-hybridized carbons (Fsp3) is 0.250. The van der Waals surface area contributed by atoms with Crippen LogP contribution >= 0.6 is 39.0 Å². The van der Waals surface area contributed by atoms with E-state index in [-0.39, 0.29) is 36.2 Å². The lowest BCUT2D eigenvalue weighted by atomic mass is 10.0. The first-order valence-electron chi connectivity index (χ1n) is 9.40. The van der Waals surface area contributed by atoms with Crippen molar-refractivity contribution in [2.75, 3.05) is 5.75 Å². The molecule has 32 heavy (non-hydrogen) atoms. The standard InChI is InChI=1S/C20H16BrN3O6S2/c21-14-10-32-19-16(22-15(25)8-13-2-1-7-31-13)18(26)23(19)17(14)20(27)30-9-11-3-5-12(6-4-11)24(28)29/h1-7,16,19H,8-10H2,(H,22,25)/t16?,19-/m0/s1. The fourth-order valence-corrected chi connectivity index (χ4v) is 5.94. The number of thiophene rings is 1. The van der Waals surface area contributed by atoms with Crippen LogP contribution in [0.3, 0.4) is 0 Å². The maximum absolute atomic E-state index is 12.7. The van der Waals surface area contributed by atoms with Gasteiger partial charge in [-0.15, -0.1) is 23.1 Å². The molecule has 0 aliphatic carbocycles. The number of benzene rings is 1. The summed E-state index contributed by atoms with van der Waals surface area (Å²) in [6.45, 7) is -0.0958. The number of thioether (sulfide) groups is 1. The maximum atomic E-state index is 12.7. The Morgan fingerprint density at radius 2 is 2.03 bits per heavy atom. The van der Waals surface area contributed by atoms with E-state index in [1.54, 1.807) is 0 Å². The van der Waals surface area contributed by atoms with Crippen molar-refractivity contribution in [1.82, 2.24) is 10.2 Å². The van der Waals surface area contributed by atoms with E-state index in [1.807, 2.05) is 17.5 Å². The third kappa shape index (κ3) is 4.57. The summed E-state index contributed by atoms with van der Waals surface area (Å²) in [7, 11) is 0. The molecule has 12 heteroatoms. The summed E-state index contributed by atoms with van der Waals surface area (Å²) in [5, 5.41) is 15.0. The molecule has 1 N–H and O–H groups in total. The van der Waals surface area contributed by atoms with Crippen LogP contribution in [0.2, 0.25) is 0 Å². The van der Waals surface area contributed by atoms with Gasteiger partial charge in [0, 0.05) is 27.2 Å². The van der Waals surface area contributed by atoms with Crippen LogP contribution in [0.4, 0.5) is 5.69 Å². The first-order chi connectivity index (χ1) is 15.3. The first kappa shape index (κ1) is 22.5. The van der Waals surface area contributed by atoms with Crippen LogP contribution in [0, 0.1) is 10.1 Å². The summed E-state index contributed by atoms with van der Waals surface area (Å²) in [6, 6.07) is 8.67. The van der Waals surface area contributed by atoms with E-state index in [0.717, 1.165) is 4.88 Å². The molecule has 1 fully saturated rings. The van der Waals surface area contributed by atoms with E-state index in [2.05, 4.69) is 21.2 Å². The summed E-state index contributed by atoms with van der Waals surface area (Å²) in [5.41, 5.74) is 0.636. The monoisotopic (exact) mass is 537 g/mol. The zero-order chi connectivity index (χ0) is 22.8. The minimum Gasteiger partial charge on any atom is -0.456 e. The molecular formula is C20H16BrN3O6S2. The Hall–Kier alpha value is -2.70. The van der Waals surface area contributed by atoms with Gasteiger partial charge >= 0.3 is 5.97 Å². The minimum absolute atomic E-state index is 0.0592. The third-order valence-corrected chi connectivity index (χ3v) is 8.05. The number of esters is 1. The number of halogens is 1. The quantitative estimate of drug-likeness (QED) is 0.249. The highest BCUT2D eigenvalue weighted by atomic mass is 79.9. The number of nitro benzene ring substituents is 1. The van der Waals surface area contributed by atoms with Gasteiger partial charge < -0.3 is 10.1 Å². The van der Waals surface area contributed by atoms with Crippen molar-refractivity contribution in [1.29, 1.82) is 0 Å². The molecule has 2 aromatic rings. The highest BCUT2D eigenvalue weighted by molar-refractivity contribution is 9.11. The van der Waals surface area contributed by atoms with Crippen LogP contribution < -0.4 is 5.32 Å². The van der Waals surface area contributed by atoms with Crippen LogP contribution in [-0.2, 0) is 32.1 Å². The lowest BCUT2D eigenvalue weighted by Gasteiger charge is -2.49. The smallest absolute Gasteiger partial charge is 0.356 e. The SMILES string of the molecule is O=C(Cc1cccs1)NC1C(=O)N2C(C(=O)OCc3ccc([N+](=O)[O-])cc3)=C(Br)CS[C@@H]12. The topological polar surface area (TPSA) is 119 Å². The van der Waals surface area contributed by atoms with Gasteiger partial charge in [-0.1, -0.05) is 22.0 Å². The second kappa shape index (κ2) is 9.43. The van der Waals surface area contributed by atoms with Gasteiger partial charge in [0.15, 0.2) is 0 Å². The van der Waals surface area contributed by atoms with Gasteiger partial charge in [0.05, 0.1) is 11.3 Å². The van der Waals surface area contributed by atoms with Gasteiger partial charge in [-0.3, -0.25) is 24.6 Å². The lowest BCUT2D eigenvalue weighted by Crippen LogP contribution is -2.70. The zero-order valence-corrected chi connectivity index (χ0v) is 19.6. The van der Waals surface area contributed by atoms with Gasteiger partial charge in [-0.05, 0) is 29.1 Å². The van der Waals surface area contributed by atoms with E-state index in [4.69, 9.17) is 4.74 Å². The van der Waals surface area contributed by atoms with E-state index >= 15 is 0 Å². The number of carbonyl (C=O) groups is 3. The molecule has 0 spiro atoms. The Kier molecular flexibility index (Phi) is 6.63. The number of fused-ring (bicyclic) bond motifs is 1. The van der Waals surface area contributed by atoms with E-state index in [0.29, 0.717) is 15.8 Å². The van der Waals surface area contributed by atoms with Crippen LogP contribution in [0.1, 0.15) is 10.4 Å². The number of rotatable bonds is 7. The van der Waals surface area contributed by atoms with Gasteiger partial charge in [-0.25, -0.2) is 4.79 Å². The molecule has 166 valence electrons. The molecule has 1 unspecified atom stereocenters. The molecule has 4 rings (SSSR count). The normalized spacial score (nSPS) is 19.8. The molecule has 1 aromatic carbocycles. The number of nitrogens with zero attached hydrogens (tertiary/aromatic N) is 2. The summed E-state index contributed by atoms with van der Waals surface area (Å²) >= 11 is 6.26. The van der Waals surface area contributed by atoms with Crippen molar-refractivity contribution in [3.8, 4) is 0 Å². The molecule has 2 aliphatic rings. The average molecular weight is 538 g/mol. The molecule has 2 atom stereocenters. The number of β-lactam (4-membered cyclic amide) rings is 1. The molecule has 2 aliphatic heterocycles. The maximum Gasteiger partial charge on any atom is 0.356 e. The minimum atomic E-state index is -0.703. The Bertz CT molecular complexity index is 1100. The van der Waals surface area contributed by atoms with E-state index < -0.39 is 22.3 Å². The molecule has 9 nitrogen and oxygen atoms in total. The fourth-order valence-electron chi connectivity index (χ4n) is 3.30. The van der Waals surface area contributed by atoms with Crippen molar-refractivity contribution in [3.05, 3.63) is 72.5 Å². The number of amides is 2. The summed E-state index contributed by atoms with van der Waals surface area (Å²) in [4.78, 5) is 50.2. The van der Waals surface area contributed by atoms with Crippen molar-refractivity contribution in [2.45, 2.75) is 24.4 Å². The van der Waals surface area contributed by atoms with Crippen LogP contribution in [0.15, 0.2) is 52.0 Å². The van der Waals surface area contributed by atoms with Gasteiger partial charge in [0.25, 0.3) is 11.6 Å². The van der Waals surface area contributed by atoms with Crippen molar-refractivity contribution in [2.24, 2.45) is 0 Å². The van der Waals surface area contributed by atoms with E-state index in [1.165, 1.54) is 52.3 Å². The summed E-state index contributed by atoms with van der Waals surface area (Å²) < 4.78 is 5.87. The number of ether oxygens (including phenoxy) is 1. The number of hydrogen-bond acceptors (Lipinski definition) is 8. The average Bonchev–Trinajstić information content (AvgIpc) is 3.28. The Morgan fingerprint density at radius 1 is 1.28 bits per heavy atom. The highest BCUT2D eigenvalue weighted by Gasteiger charge is 2.54. The number of carbonyl (C=O) groups excluding carboxylic acids is 3. The number of hydrogen-bond donors (Lipinski definition) is 1. The number of nitrogens with one attached hydrogen (secondary N) is 1. The Morgan fingerprint density at radius 3 is 2.69 bits per heavy atom. The van der Waals surface area contributed by atoms with Crippen LogP contribution in [-0.4, -0.2) is 44.8 Å². The predicted octanol–water partition coefficient (Wildman–Crippen LogP) is 2.95. The van der Waals surface area contributed by atoms with E-state index in [9.17, 15) is 24.5 Å². The number of nitro groups is 1. The summed E-state index contributed by atoms with van der Waals surface area (Å²) in [6.07, 6.45) is 0.197. The molecule has 0 saturated carbocycles. The van der Waals surface area contributed by atoms with Gasteiger partial charge in [-0.2, -0.15) is 0 Å². The highest BCUT2D eigenvalue weighted by Crippen LogP contribution is 2.42. The molecule has 3 heterocycles. The molecular weight excluding hydrogens is 522 g/mol. The van der Waals surface area contributed by atoms with Crippen LogP contribution in [0.5, 0.6) is 0 Å². The Labute approximate surface area is 199 Å².